The van der Waals surface area contributed by atoms with Gasteiger partial charge in [-0.3, -0.25) is 4.79 Å². The number of likely N-dealkylation sites (tertiary alicyclic amines) is 1. The van der Waals surface area contributed by atoms with E-state index in [1.165, 1.54) is 6.07 Å². The first kappa shape index (κ1) is 20.0. The van der Waals surface area contributed by atoms with Crippen LogP contribution in [0.25, 0.3) is 0 Å². The number of rotatable bonds is 7. The molecule has 0 radical (unpaired) electrons. The van der Waals surface area contributed by atoms with Crippen molar-refractivity contribution < 1.29 is 13.9 Å². The Bertz CT molecular complexity index is 623. The molecule has 1 saturated heterocycles. The first-order valence-electron chi connectivity index (χ1n) is 9.27. The maximum absolute atomic E-state index is 13.7. The summed E-state index contributed by atoms with van der Waals surface area (Å²) in [5, 5.41) is 6.58. The second-order valence-electron chi connectivity index (χ2n) is 6.40. The predicted molar refractivity (Wildman–Crippen MR) is 101 cm³/mol. The quantitative estimate of drug-likeness (QED) is 0.575. The average molecular weight is 364 g/mol. The highest BCUT2D eigenvalue weighted by Gasteiger charge is 2.25. The fraction of sp³-hybridized carbons (Fsp3) is 0.579. The Morgan fingerprint density at radius 3 is 2.88 bits per heavy atom. The van der Waals surface area contributed by atoms with E-state index in [1.807, 2.05) is 25.7 Å². The third-order valence-electron chi connectivity index (χ3n) is 4.20. The molecule has 1 amide bonds. The molecule has 1 aromatic rings. The molecule has 2 rings (SSSR count). The summed E-state index contributed by atoms with van der Waals surface area (Å²) in [6, 6.07) is 6.54. The van der Waals surface area contributed by atoms with Crippen LogP contribution in [-0.4, -0.2) is 55.1 Å². The second-order valence-corrected chi connectivity index (χ2v) is 6.40. The van der Waals surface area contributed by atoms with Crippen molar-refractivity contribution in [3.05, 3.63) is 30.1 Å². The number of ether oxygens (including phenoxy) is 1. The summed E-state index contributed by atoms with van der Waals surface area (Å²) in [6.45, 7) is 8.34. The summed E-state index contributed by atoms with van der Waals surface area (Å²) in [6.07, 6.45) is 1.17. The van der Waals surface area contributed by atoms with Gasteiger partial charge in [-0.2, -0.15) is 0 Å². The van der Waals surface area contributed by atoms with Crippen LogP contribution in [0, 0.1) is 5.82 Å². The zero-order valence-corrected chi connectivity index (χ0v) is 15.8. The van der Waals surface area contributed by atoms with Gasteiger partial charge in [0.2, 0.25) is 5.91 Å². The van der Waals surface area contributed by atoms with Crippen LogP contribution in [0.15, 0.2) is 29.3 Å². The first-order chi connectivity index (χ1) is 12.5. The van der Waals surface area contributed by atoms with Crippen LogP contribution in [0.5, 0.6) is 5.75 Å². The SMILES string of the molecule is CCNC(=NCC(C)Oc1ccccc1F)NC1CCN(C(=O)CC)C1. The maximum atomic E-state index is 13.7. The minimum absolute atomic E-state index is 0.183. The molecule has 2 atom stereocenters. The minimum Gasteiger partial charge on any atom is -0.486 e. The lowest BCUT2D eigenvalue weighted by Gasteiger charge is -2.19. The molecule has 0 bridgehead atoms. The van der Waals surface area contributed by atoms with Gasteiger partial charge in [-0.05, 0) is 32.4 Å². The highest BCUT2D eigenvalue weighted by atomic mass is 19.1. The van der Waals surface area contributed by atoms with Crippen LogP contribution in [0.1, 0.15) is 33.6 Å². The van der Waals surface area contributed by atoms with Crippen molar-refractivity contribution in [3.63, 3.8) is 0 Å². The van der Waals surface area contributed by atoms with E-state index in [2.05, 4.69) is 15.6 Å². The van der Waals surface area contributed by atoms with E-state index in [4.69, 9.17) is 4.74 Å². The fourth-order valence-corrected chi connectivity index (χ4v) is 2.86. The van der Waals surface area contributed by atoms with Crippen molar-refractivity contribution in [1.29, 1.82) is 0 Å². The summed E-state index contributed by atoms with van der Waals surface area (Å²) < 4.78 is 19.3. The summed E-state index contributed by atoms with van der Waals surface area (Å²) in [7, 11) is 0. The lowest BCUT2D eigenvalue weighted by molar-refractivity contribution is -0.129. The normalized spacial score (nSPS) is 18.5. The van der Waals surface area contributed by atoms with Gasteiger partial charge in [-0.15, -0.1) is 0 Å². The van der Waals surface area contributed by atoms with Crippen molar-refractivity contribution in [3.8, 4) is 5.75 Å². The number of nitrogens with zero attached hydrogens (tertiary/aromatic N) is 2. The van der Waals surface area contributed by atoms with Crippen LogP contribution in [0.2, 0.25) is 0 Å². The van der Waals surface area contributed by atoms with E-state index in [0.717, 1.165) is 19.5 Å². The molecule has 144 valence electrons. The van der Waals surface area contributed by atoms with Crippen LogP contribution >= 0.6 is 0 Å². The smallest absolute Gasteiger partial charge is 0.222 e. The van der Waals surface area contributed by atoms with Gasteiger partial charge < -0.3 is 20.3 Å². The zero-order chi connectivity index (χ0) is 18.9. The van der Waals surface area contributed by atoms with E-state index in [9.17, 15) is 9.18 Å². The number of carbonyl (C=O) groups excluding carboxylic acids is 1. The van der Waals surface area contributed by atoms with Gasteiger partial charge in [0.25, 0.3) is 0 Å². The molecule has 0 spiro atoms. The van der Waals surface area contributed by atoms with Crippen molar-refractivity contribution >= 4 is 11.9 Å². The topological polar surface area (TPSA) is 66.0 Å². The summed E-state index contributed by atoms with van der Waals surface area (Å²) >= 11 is 0. The number of amides is 1. The van der Waals surface area contributed by atoms with Crippen LogP contribution in [0.4, 0.5) is 4.39 Å². The third kappa shape index (κ3) is 5.89. The number of para-hydroxylation sites is 1. The molecule has 1 fully saturated rings. The summed E-state index contributed by atoms with van der Waals surface area (Å²) in [4.78, 5) is 18.2. The molecule has 26 heavy (non-hydrogen) atoms. The predicted octanol–water partition coefficient (Wildman–Crippen LogP) is 2.16. The zero-order valence-electron chi connectivity index (χ0n) is 15.8. The monoisotopic (exact) mass is 364 g/mol. The summed E-state index contributed by atoms with van der Waals surface area (Å²) in [5.41, 5.74) is 0. The first-order valence-corrected chi connectivity index (χ1v) is 9.27. The second kappa shape index (κ2) is 9.99. The molecule has 6 nitrogen and oxygen atoms in total. The number of nitrogens with one attached hydrogen (secondary N) is 2. The van der Waals surface area contributed by atoms with Gasteiger partial charge in [0.05, 0.1) is 6.54 Å². The minimum atomic E-state index is -0.375. The molecule has 1 aliphatic heterocycles. The van der Waals surface area contributed by atoms with Crippen LogP contribution < -0.4 is 15.4 Å². The highest BCUT2D eigenvalue weighted by molar-refractivity contribution is 5.80. The van der Waals surface area contributed by atoms with Gasteiger partial charge in [0.15, 0.2) is 17.5 Å². The molecule has 7 heteroatoms. The highest BCUT2D eigenvalue weighted by Crippen LogP contribution is 2.17. The Balaban J connectivity index is 1.88. The molecule has 2 unspecified atom stereocenters. The lowest BCUT2D eigenvalue weighted by Crippen LogP contribution is -2.45. The Hall–Kier alpha value is -2.31. The Kier molecular flexibility index (Phi) is 7.69. The van der Waals surface area contributed by atoms with Gasteiger partial charge >= 0.3 is 0 Å². The van der Waals surface area contributed by atoms with Crippen LogP contribution in [0.3, 0.4) is 0 Å². The molecule has 1 aromatic carbocycles. The Morgan fingerprint density at radius 2 is 2.19 bits per heavy atom. The number of aliphatic imine (C=N–C) groups is 1. The number of carbonyl (C=O) groups is 1. The molecule has 2 N–H and O–H groups in total. The number of hydrogen-bond acceptors (Lipinski definition) is 3. The molecule has 0 aromatic heterocycles. The molecule has 0 saturated carbocycles. The number of hydrogen-bond donors (Lipinski definition) is 2. The Labute approximate surface area is 154 Å². The van der Waals surface area contributed by atoms with E-state index >= 15 is 0 Å². The van der Waals surface area contributed by atoms with Crippen molar-refractivity contribution in [2.75, 3.05) is 26.2 Å². The van der Waals surface area contributed by atoms with Crippen LogP contribution in [-0.2, 0) is 4.79 Å². The van der Waals surface area contributed by atoms with Crippen molar-refractivity contribution in [2.45, 2.75) is 45.8 Å². The molecule has 0 aliphatic carbocycles. The van der Waals surface area contributed by atoms with Gasteiger partial charge in [0, 0.05) is 32.1 Å². The van der Waals surface area contributed by atoms with Gasteiger partial charge in [-0.1, -0.05) is 19.1 Å². The fourth-order valence-electron chi connectivity index (χ4n) is 2.86. The molecular formula is C19H29FN4O2. The van der Waals surface area contributed by atoms with Gasteiger partial charge in [0.1, 0.15) is 6.10 Å². The largest absolute Gasteiger partial charge is 0.486 e. The van der Waals surface area contributed by atoms with E-state index in [1.54, 1.807) is 18.2 Å². The van der Waals surface area contributed by atoms with Gasteiger partial charge in [-0.25, -0.2) is 9.38 Å². The van der Waals surface area contributed by atoms with Crippen molar-refractivity contribution in [2.24, 2.45) is 4.99 Å². The van der Waals surface area contributed by atoms with E-state index in [-0.39, 0.29) is 29.6 Å². The Morgan fingerprint density at radius 1 is 1.42 bits per heavy atom. The van der Waals surface area contributed by atoms with E-state index < -0.39 is 0 Å². The van der Waals surface area contributed by atoms with E-state index in [0.29, 0.717) is 25.5 Å². The van der Waals surface area contributed by atoms with Crippen molar-refractivity contribution in [1.82, 2.24) is 15.5 Å². The third-order valence-corrected chi connectivity index (χ3v) is 4.20. The molecule has 1 heterocycles. The average Bonchev–Trinajstić information content (AvgIpc) is 3.10. The maximum Gasteiger partial charge on any atom is 0.222 e. The number of halogens is 1. The molecular weight excluding hydrogens is 335 g/mol. The number of benzene rings is 1. The molecule has 1 aliphatic rings. The standard InChI is InChI=1S/C19H29FN4O2/c1-4-18(25)24-11-10-15(13-24)23-19(21-5-2)22-12-14(3)26-17-9-7-6-8-16(17)20/h6-9,14-15H,4-5,10-13H2,1-3H3,(H2,21,22,23). The number of guanidine groups is 1. The summed E-state index contributed by atoms with van der Waals surface area (Å²) in [5.74, 6) is 0.730. The lowest BCUT2D eigenvalue weighted by atomic mass is 10.3.